The van der Waals surface area contributed by atoms with Gasteiger partial charge in [-0.15, -0.1) is 0 Å². The van der Waals surface area contributed by atoms with E-state index in [0.29, 0.717) is 23.6 Å². The van der Waals surface area contributed by atoms with Gasteiger partial charge in [-0.3, -0.25) is 9.20 Å². The molecular formula is C17H16BrFN4O2. The lowest BCUT2D eigenvalue weighted by Crippen LogP contribution is -2.31. The molecule has 0 saturated heterocycles. The molecule has 2 heterocycles. The number of rotatable bonds is 4. The molecule has 2 aromatic heterocycles. The van der Waals surface area contributed by atoms with E-state index in [2.05, 4.69) is 25.9 Å². The maximum atomic E-state index is 13.6. The smallest absolute Gasteiger partial charge is 0.278 e. The van der Waals surface area contributed by atoms with Crippen molar-refractivity contribution in [2.24, 2.45) is 0 Å². The number of hydrogen-bond acceptors (Lipinski definition) is 4. The average Bonchev–Trinajstić information content (AvgIpc) is 2.98. The van der Waals surface area contributed by atoms with Gasteiger partial charge < -0.3 is 9.64 Å². The first kappa shape index (κ1) is 17.3. The minimum Gasteiger partial charge on any atom is -0.494 e. The fourth-order valence-electron chi connectivity index (χ4n) is 2.61. The number of anilines is 1. The number of nitrogens with zero attached hydrogens (tertiary/aromatic N) is 4. The van der Waals surface area contributed by atoms with Crippen LogP contribution in [0.3, 0.4) is 0 Å². The first-order chi connectivity index (χ1) is 12.0. The van der Waals surface area contributed by atoms with Crippen LogP contribution in [-0.2, 0) is 0 Å². The second-order valence-corrected chi connectivity index (χ2v) is 6.17. The number of carbonyl (C=O) groups is 1. The van der Waals surface area contributed by atoms with E-state index in [-0.39, 0.29) is 17.4 Å². The molecule has 130 valence electrons. The number of fused-ring (bicyclic) bond motifs is 1. The van der Waals surface area contributed by atoms with Gasteiger partial charge in [0.05, 0.1) is 19.0 Å². The lowest BCUT2D eigenvalue weighted by Gasteiger charge is -2.21. The molecule has 0 aliphatic carbocycles. The largest absolute Gasteiger partial charge is 0.494 e. The lowest BCUT2D eigenvalue weighted by atomic mass is 10.2. The monoisotopic (exact) mass is 406 g/mol. The molecule has 3 rings (SSSR count). The van der Waals surface area contributed by atoms with Gasteiger partial charge in [0.2, 0.25) is 0 Å². The number of halogens is 2. The minimum absolute atomic E-state index is 0.0840. The van der Waals surface area contributed by atoms with E-state index in [9.17, 15) is 9.18 Å². The van der Waals surface area contributed by atoms with Gasteiger partial charge in [0, 0.05) is 24.5 Å². The first-order valence-corrected chi connectivity index (χ1v) is 8.41. The molecule has 0 aliphatic heterocycles. The zero-order valence-electron chi connectivity index (χ0n) is 14.0. The topological polar surface area (TPSA) is 59.7 Å². The van der Waals surface area contributed by atoms with Crippen molar-refractivity contribution in [1.82, 2.24) is 14.4 Å². The molecule has 1 amide bonds. The number of amides is 1. The van der Waals surface area contributed by atoms with Crippen molar-refractivity contribution < 1.29 is 13.9 Å². The van der Waals surface area contributed by atoms with Crippen LogP contribution >= 0.6 is 15.9 Å². The highest BCUT2D eigenvalue weighted by Crippen LogP contribution is 2.26. The number of hydrogen-bond donors (Lipinski definition) is 0. The van der Waals surface area contributed by atoms with Crippen LogP contribution < -0.4 is 9.64 Å². The molecule has 0 N–H and O–H groups in total. The highest BCUT2D eigenvalue weighted by Gasteiger charge is 2.21. The van der Waals surface area contributed by atoms with Crippen LogP contribution in [0.5, 0.6) is 5.75 Å². The zero-order valence-corrected chi connectivity index (χ0v) is 15.5. The number of benzene rings is 1. The van der Waals surface area contributed by atoms with Crippen molar-refractivity contribution in [2.75, 3.05) is 18.6 Å². The Morgan fingerprint density at radius 3 is 2.88 bits per heavy atom. The number of imidazole rings is 1. The molecule has 6 nitrogen and oxygen atoms in total. The Bertz CT molecular complexity index is 957. The van der Waals surface area contributed by atoms with Crippen LogP contribution in [0, 0.1) is 12.7 Å². The molecule has 0 atom stereocenters. The van der Waals surface area contributed by atoms with Gasteiger partial charge in [-0.25, -0.2) is 14.4 Å². The standard InChI is InChI=1S/C17H16BrFN4O2/c1-4-22(11-5-6-12(19)14(7-11)25-3)17(24)13-9-23-15(18)8-20-16(23)10(2)21-13/h5-9H,4H2,1-3H3. The molecule has 0 bridgehead atoms. The third kappa shape index (κ3) is 3.09. The summed E-state index contributed by atoms with van der Waals surface area (Å²) in [7, 11) is 1.38. The third-order valence-electron chi connectivity index (χ3n) is 3.84. The van der Waals surface area contributed by atoms with Crippen LogP contribution in [0.2, 0.25) is 0 Å². The lowest BCUT2D eigenvalue weighted by molar-refractivity contribution is 0.0983. The van der Waals surface area contributed by atoms with Crippen molar-refractivity contribution in [3.8, 4) is 5.75 Å². The van der Waals surface area contributed by atoms with Crippen molar-refractivity contribution >= 4 is 33.2 Å². The van der Waals surface area contributed by atoms with Crippen molar-refractivity contribution in [3.63, 3.8) is 0 Å². The summed E-state index contributed by atoms with van der Waals surface area (Å²) in [5.41, 5.74) is 2.13. The van der Waals surface area contributed by atoms with Crippen molar-refractivity contribution in [3.05, 3.63) is 52.4 Å². The van der Waals surface area contributed by atoms with E-state index < -0.39 is 5.82 Å². The molecule has 0 saturated carbocycles. The summed E-state index contributed by atoms with van der Waals surface area (Å²) in [4.78, 5) is 23.1. The number of carbonyl (C=O) groups excluding carboxylic acids is 1. The van der Waals surface area contributed by atoms with E-state index in [0.717, 1.165) is 4.60 Å². The van der Waals surface area contributed by atoms with E-state index in [1.165, 1.54) is 30.2 Å². The molecular weight excluding hydrogens is 391 g/mol. The second-order valence-electron chi connectivity index (χ2n) is 5.35. The normalized spacial score (nSPS) is 10.9. The number of aryl methyl sites for hydroxylation is 1. The van der Waals surface area contributed by atoms with Gasteiger partial charge in [-0.1, -0.05) is 0 Å². The summed E-state index contributed by atoms with van der Waals surface area (Å²) in [6.07, 6.45) is 3.28. The van der Waals surface area contributed by atoms with E-state index >= 15 is 0 Å². The van der Waals surface area contributed by atoms with Gasteiger partial charge in [0.25, 0.3) is 5.91 Å². The minimum atomic E-state index is -0.479. The highest BCUT2D eigenvalue weighted by atomic mass is 79.9. The fourth-order valence-corrected chi connectivity index (χ4v) is 2.99. The number of ether oxygens (including phenoxy) is 1. The third-order valence-corrected chi connectivity index (χ3v) is 4.43. The van der Waals surface area contributed by atoms with E-state index in [4.69, 9.17) is 4.74 Å². The summed E-state index contributed by atoms with van der Waals surface area (Å²) in [6, 6.07) is 4.31. The molecule has 25 heavy (non-hydrogen) atoms. The molecule has 0 unspecified atom stereocenters. The number of aromatic nitrogens is 3. The Balaban J connectivity index is 2.04. The zero-order chi connectivity index (χ0) is 18.1. The Labute approximate surface area is 152 Å². The van der Waals surface area contributed by atoms with Crippen LogP contribution in [0.25, 0.3) is 5.65 Å². The predicted molar refractivity (Wildman–Crippen MR) is 95.7 cm³/mol. The molecule has 3 aromatic rings. The summed E-state index contributed by atoms with van der Waals surface area (Å²) < 4.78 is 21.1. The SMILES string of the molecule is CCN(C(=O)c1cn2c(Br)cnc2c(C)n1)c1ccc(F)c(OC)c1. The molecule has 0 spiro atoms. The average molecular weight is 407 g/mol. The molecule has 0 fully saturated rings. The Hall–Kier alpha value is -2.48. The van der Waals surface area contributed by atoms with Crippen LogP contribution in [-0.4, -0.2) is 33.9 Å². The summed E-state index contributed by atoms with van der Waals surface area (Å²) >= 11 is 3.40. The Morgan fingerprint density at radius 1 is 1.44 bits per heavy atom. The van der Waals surface area contributed by atoms with Gasteiger partial charge in [-0.05, 0) is 41.9 Å². The first-order valence-electron chi connectivity index (χ1n) is 7.61. The summed E-state index contributed by atoms with van der Waals surface area (Å²) in [5.74, 6) is -0.685. The summed E-state index contributed by atoms with van der Waals surface area (Å²) in [6.45, 7) is 4.03. The Kier molecular flexibility index (Phi) is 4.71. The van der Waals surface area contributed by atoms with Crippen molar-refractivity contribution in [2.45, 2.75) is 13.8 Å². The predicted octanol–water partition coefficient (Wildman–Crippen LogP) is 3.61. The molecule has 0 radical (unpaired) electrons. The number of methoxy groups -OCH3 is 1. The second kappa shape index (κ2) is 6.79. The van der Waals surface area contributed by atoms with Gasteiger partial charge in [0.1, 0.15) is 10.3 Å². The highest BCUT2D eigenvalue weighted by molar-refractivity contribution is 9.10. The molecule has 1 aromatic carbocycles. The van der Waals surface area contributed by atoms with Crippen molar-refractivity contribution in [1.29, 1.82) is 0 Å². The van der Waals surface area contributed by atoms with Crippen LogP contribution in [0.15, 0.2) is 35.2 Å². The van der Waals surface area contributed by atoms with Crippen LogP contribution in [0.1, 0.15) is 23.1 Å². The maximum absolute atomic E-state index is 13.6. The van der Waals surface area contributed by atoms with E-state index in [1.807, 2.05) is 6.92 Å². The van der Waals surface area contributed by atoms with E-state index in [1.54, 1.807) is 23.7 Å². The Morgan fingerprint density at radius 2 is 2.20 bits per heavy atom. The van der Waals surface area contributed by atoms with Gasteiger partial charge >= 0.3 is 0 Å². The molecule has 8 heteroatoms. The molecule has 0 aliphatic rings. The quantitative estimate of drug-likeness (QED) is 0.663. The van der Waals surface area contributed by atoms with Gasteiger partial charge in [-0.2, -0.15) is 0 Å². The summed E-state index contributed by atoms with van der Waals surface area (Å²) in [5, 5.41) is 0. The van der Waals surface area contributed by atoms with Crippen LogP contribution in [0.4, 0.5) is 10.1 Å². The fraction of sp³-hybridized carbons (Fsp3) is 0.235. The van der Waals surface area contributed by atoms with Gasteiger partial charge in [0.15, 0.2) is 17.2 Å². The maximum Gasteiger partial charge on any atom is 0.278 e.